The van der Waals surface area contributed by atoms with Gasteiger partial charge >= 0.3 is 0 Å². The molecule has 4 heteroatoms. The van der Waals surface area contributed by atoms with E-state index < -0.39 is 5.60 Å². The fourth-order valence-electron chi connectivity index (χ4n) is 2.63. The minimum Gasteiger partial charge on any atom is -0.384 e. The maximum absolute atomic E-state index is 10.3. The van der Waals surface area contributed by atoms with Crippen LogP contribution in [0.25, 0.3) is 10.7 Å². The van der Waals surface area contributed by atoms with Crippen LogP contribution in [0.5, 0.6) is 0 Å². The summed E-state index contributed by atoms with van der Waals surface area (Å²) in [4.78, 5) is 5.92. The highest BCUT2D eigenvalue weighted by atomic mass is 32.1. The number of rotatable bonds is 2. The molecule has 0 aliphatic carbocycles. The van der Waals surface area contributed by atoms with Crippen LogP contribution < -0.4 is 0 Å². The molecule has 18 heavy (non-hydrogen) atoms. The molecule has 2 aromatic rings. The summed E-state index contributed by atoms with van der Waals surface area (Å²) >= 11 is 1.71. The maximum Gasteiger partial charge on any atom is 0.150 e. The molecule has 3 rings (SSSR count). The largest absolute Gasteiger partial charge is 0.384 e. The van der Waals surface area contributed by atoms with Gasteiger partial charge in [0.1, 0.15) is 5.60 Å². The lowest BCUT2D eigenvalue weighted by Crippen LogP contribution is -2.20. The van der Waals surface area contributed by atoms with Gasteiger partial charge in [-0.3, -0.25) is 0 Å². The Morgan fingerprint density at radius 2 is 2.22 bits per heavy atom. The topological polar surface area (TPSA) is 38.1 Å². The van der Waals surface area contributed by atoms with Crippen molar-refractivity contribution < 1.29 is 5.11 Å². The van der Waals surface area contributed by atoms with Crippen LogP contribution in [-0.4, -0.2) is 14.7 Å². The Bertz CT molecular complexity index is 549. The van der Waals surface area contributed by atoms with Gasteiger partial charge < -0.3 is 9.67 Å². The number of hydrogen-bond donors (Lipinski definition) is 1. The average molecular weight is 262 g/mol. The zero-order valence-corrected chi connectivity index (χ0v) is 11.6. The summed E-state index contributed by atoms with van der Waals surface area (Å²) in [6, 6.07) is 4.15. The van der Waals surface area contributed by atoms with Crippen molar-refractivity contribution in [2.75, 3.05) is 0 Å². The Morgan fingerprint density at radius 3 is 2.89 bits per heavy atom. The molecule has 3 nitrogen and oxygen atoms in total. The van der Waals surface area contributed by atoms with Crippen molar-refractivity contribution in [2.45, 2.75) is 45.3 Å². The zero-order chi connectivity index (χ0) is 12.8. The number of hydrogen-bond acceptors (Lipinski definition) is 3. The molecule has 2 aromatic heterocycles. The monoisotopic (exact) mass is 262 g/mol. The molecule has 0 bridgehead atoms. The van der Waals surface area contributed by atoms with E-state index >= 15 is 0 Å². The smallest absolute Gasteiger partial charge is 0.150 e. The van der Waals surface area contributed by atoms with Gasteiger partial charge in [-0.2, -0.15) is 0 Å². The Kier molecular flexibility index (Phi) is 2.79. The van der Waals surface area contributed by atoms with Gasteiger partial charge in [0.15, 0.2) is 5.82 Å². The fourth-order valence-corrected chi connectivity index (χ4v) is 3.35. The molecule has 0 aromatic carbocycles. The SMILES string of the molecule is CC(C)(O)c1nc(-c2cccs2)n2c1CCCC2. The zero-order valence-electron chi connectivity index (χ0n) is 10.8. The molecule has 96 valence electrons. The Hall–Kier alpha value is -1.13. The molecule has 0 atom stereocenters. The molecule has 3 heterocycles. The molecule has 0 saturated carbocycles. The predicted molar refractivity (Wildman–Crippen MR) is 73.7 cm³/mol. The van der Waals surface area contributed by atoms with Crippen LogP contribution in [0.2, 0.25) is 0 Å². The molecular formula is C14H18N2OS. The first-order valence-electron chi connectivity index (χ1n) is 6.43. The van der Waals surface area contributed by atoms with Crippen LogP contribution in [-0.2, 0) is 18.6 Å². The molecule has 0 amide bonds. The molecule has 0 saturated heterocycles. The second-order valence-corrected chi connectivity index (χ2v) is 6.32. The highest BCUT2D eigenvalue weighted by Crippen LogP contribution is 2.34. The first kappa shape index (κ1) is 11.9. The van der Waals surface area contributed by atoms with E-state index in [0.717, 1.165) is 24.5 Å². The molecule has 0 radical (unpaired) electrons. The van der Waals surface area contributed by atoms with Crippen molar-refractivity contribution >= 4 is 11.3 Å². The number of imidazole rings is 1. The van der Waals surface area contributed by atoms with Crippen molar-refractivity contribution in [3.8, 4) is 10.7 Å². The lowest BCUT2D eigenvalue weighted by molar-refractivity contribution is 0.0729. The van der Waals surface area contributed by atoms with Crippen LogP contribution in [0.3, 0.4) is 0 Å². The van der Waals surface area contributed by atoms with Gasteiger partial charge in [0, 0.05) is 12.2 Å². The molecule has 1 aliphatic rings. The Balaban J connectivity index is 2.19. The molecule has 1 N–H and O–H groups in total. The lowest BCUT2D eigenvalue weighted by atomic mass is 9.99. The Morgan fingerprint density at radius 1 is 1.39 bits per heavy atom. The summed E-state index contributed by atoms with van der Waals surface area (Å²) in [5.41, 5.74) is 1.21. The summed E-state index contributed by atoms with van der Waals surface area (Å²) in [6.07, 6.45) is 3.42. The van der Waals surface area contributed by atoms with Gasteiger partial charge in [-0.05, 0) is 44.6 Å². The van der Waals surface area contributed by atoms with Crippen molar-refractivity contribution in [1.29, 1.82) is 0 Å². The van der Waals surface area contributed by atoms with E-state index in [9.17, 15) is 5.11 Å². The Labute approximate surface area is 111 Å². The minimum atomic E-state index is -0.857. The maximum atomic E-state index is 10.3. The second-order valence-electron chi connectivity index (χ2n) is 5.38. The molecule has 0 spiro atoms. The number of fused-ring (bicyclic) bond motifs is 1. The van der Waals surface area contributed by atoms with E-state index in [1.807, 2.05) is 19.9 Å². The first-order valence-corrected chi connectivity index (χ1v) is 7.31. The average Bonchev–Trinajstić information content (AvgIpc) is 2.94. The van der Waals surface area contributed by atoms with E-state index in [0.29, 0.717) is 0 Å². The van der Waals surface area contributed by atoms with E-state index in [1.54, 1.807) is 11.3 Å². The summed E-state index contributed by atoms with van der Waals surface area (Å²) in [7, 11) is 0. The highest BCUT2D eigenvalue weighted by Gasteiger charge is 2.29. The van der Waals surface area contributed by atoms with Crippen molar-refractivity contribution in [1.82, 2.24) is 9.55 Å². The number of aliphatic hydroxyl groups is 1. The van der Waals surface area contributed by atoms with E-state index in [-0.39, 0.29) is 0 Å². The van der Waals surface area contributed by atoms with Crippen molar-refractivity contribution in [3.05, 3.63) is 28.9 Å². The van der Waals surface area contributed by atoms with Gasteiger partial charge in [0.2, 0.25) is 0 Å². The van der Waals surface area contributed by atoms with Gasteiger partial charge in [-0.25, -0.2) is 4.98 Å². The lowest BCUT2D eigenvalue weighted by Gasteiger charge is -2.21. The summed E-state index contributed by atoms with van der Waals surface area (Å²) < 4.78 is 2.29. The molecule has 1 aliphatic heterocycles. The molecular weight excluding hydrogens is 244 g/mol. The molecule has 0 fully saturated rings. The van der Waals surface area contributed by atoms with Gasteiger partial charge in [-0.1, -0.05) is 6.07 Å². The summed E-state index contributed by atoms with van der Waals surface area (Å²) in [5.74, 6) is 1.02. The number of thiophene rings is 1. The standard InChI is InChI=1S/C14H18N2OS/c1-14(2,17)12-10-6-3-4-8-16(10)13(15-12)11-7-5-9-18-11/h5,7,9,17H,3-4,6,8H2,1-2H3. The third-order valence-electron chi connectivity index (χ3n) is 3.44. The van der Waals surface area contributed by atoms with E-state index in [4.69, 9.17) is 4.98 Å². The van der Waals surface area contributed by atoms with Crippen molar-refractivity contribution in [2.24, 2.45) is 0 Å². The van der Waals surface area contributed by atoms with Crippen LogP contribution >= 0.6 is 11.3 Å². The number of aromatic nitrogens is 2. The van der Waals surface area contributed by atoms with Gasteiger partial charge in [0.05, 0.1) is 10.6 Å². The second kappa shape index (κ2) is 4.21. The first-order chi connectivity index (χ1) is 8.57. The van der Waals surface area contributed by atoms with E-state index in [2.05, 4.69) is 16.0 Å². The van der Waals surface area contributed by atoms with Gasteiger partial charge in [-0.15, -0.1) is 11.3 Å². The third-order valence-corrected chi connectivity index (χ3v) is 4.30. The quantitative estimate of drug-likeness (QED) is 0.902. The van der Waals surface area contributed by atoms with Gasteiger partial charge in [0.25, 0.3) is 0 Å². The van der Waals surface area contributed by atoms with Crippen molar-refractivity contribution in [3.63, 3.8) is 0 Å². The number of nitrogens with zero attached hydrogens (tertiary/aromatic N) is 2. The van der Waals surface area contributed by atoms with Crippen LogP contribution in [0.15, 0.2) is 17.5 Å². The minimum absolute atomic E-state index is 0.852. The summed E-state index contributed by atoms with van der Waals surface area (Å²) in [5, 5.41) is 12.4. The molecule has 0 unspecified atom stereocenters. The predicted octanol–water partition coefficient (Wildman–Crippen LogP) is 3.18. The van der Waals surface area contributed by atoms with Crippen LogP contribution in [0.4, 0.5) is 0 Å². The third kappa shape index (κ3) is 1.89. The van der Waals surface area contributed by atoms with Crippen LogP contribution in [0, 0.1) is 0 Å². The normalized spacial score (nSPS) is 15.7. The fraction of sp³-hybridized carbons (Fsp3) is 0.500. The highest BCUT2D eigenvalue weighted by molar-refractivity contribution is 7.13. The summed E-state index contributed by atoms with van der Waals surface area (Å²) in [6.45, 7) is 4.66. The van der Waals surface area contributed by atoms with E-state index in [1.165, 1.54) is 23.4 Å². The van der Waals surface area contributed by atoms with Crippen LogP contribution in [0.1, 0.15) is 38.1 Å².